The Morgan fingerprint density at radius 3 is 2.20 bits per heavy atom. The molecule has 1 nitrogen and oxygen atoms in total. The molecule has 2 aliphatic rings. The van der Waals surface area contributed by atoms with Gasteiger partial charge < -0.3 is 4.90 Å². The van der Waals surface area contributed by atoms with E-state index in [0.29, 0.717) is 0 Å². The van der Waals surface area contributed by atoms with E-state index in [1.807, 2.05) is 0 Å². The monoisotopic (exact) mass is 203 g/mol. The van der Waals surface area contributed by atoms with Crippen molar-refractivity contribution in [2.75, 3.05) is 7.05 Å². The maximum Gasteiger partial charge on any atom is 0.0175 e. The average Bonchev–Trinajstić information content (AvgIpc) is 2.20. The summed E-state index contributed by atoms with van der Waals surface area (Å²) in [5.74, 6) is 0. The summed E-state index contributed by atoms with van der Waals surface area (Å²) in [6.45, 7) is 0. The van der Waals surface area contributed by atoms with Crippen LogP contribution in [0.15, 0.2) is 0 Å². The first-order valence-electron chi connectivity index (χ1n) is 4.13. The predicted molar refractivity (Wildman–Crippen MR) is 46.5 cm³/mol. The SMILES string of the molecule is CN1[C@@H]2CC[C@H]1CC(Br)C2. The Hall–Kier alpha value is 0.440. The fourth-order valence-corrected chi connectivity index (χ4v) is 3.21. The summed E-state index contributed by atoms with van der Waals surface area (Å²) in [4.78, 5) is 3.37. The van der Waals surface area contributed by atoms with E-state index >= 15 is 0 Å². The second kappa shape index (κ2) is 2.49. The molecular formula is C8H14BrN. The van der Waals surface area contributed by atoms with Crippen molar-refractivity contribution in [3.8, 4) is 0 Å². The summed E-state index contributed by atoms with van der Waals surface area (Å²) in [6.07, 6.45) is 5.60. The molecule has 2 rings (SSSR count). The van der Waals surface area contributed by atoms with Crippen LogP contribution in [0, 0.1) is 0 Å². The molecule has 2 bridgehead atoms. The van der Waals surface area contributed by atoms with Gasteiger partial charge in [0.15, 0.2) is 0 Å². The highest BCUT2D eigenvalue weighted by Gasteiger charge is 2.37. The Morgan fingerprint density at radius 1 is 1.20 bits per heavy atom. The fourth-order valence-electron chi connectivity index (χ4n) is 2.35. The molecule has 2 heterocycles. The summed E-state index contributed by atoms with van der Waals surface area (Å²) in [7, 11) is 2.28. The van der Waals surface area contributed by atoms with Crippen LogP contribution in [0.5, 0.6) is 0 Å². The molecule has 0 spiro atoms. The number of rotatable bonds is 0. The third kappa shape index (κ3) is 1.02. The van der Waals surface area contributed by atoms with Gasteiger partial charge >= 0.3 is 0 Å². The first-order valence-corrected chi connectivity index (χ1v) is 5.05. The third-order valence-electron chi connectivity index (χ3n) is 3.04. The Bertz CT molecular complexity index is 123. The number of nitrogens with zero attached hydrogens (tertiary/aromatic N) is 1. The van der Waals surface area contributed by atoms with E-state index in [1.165, 1.54) is 25.7 Å². The van der Waals surface area contributed by atoms with Crippen LogP contribution < -0.4 is 0 Å². The van der Waals surface area contributed by atoms with Gasteiger partial charge in [-0.2, -0.15) is 0 Å². The van der Waals surface area contributed by atoms with Crippen molar-refractivity contribution in [1.29, 1.82) is 0 Å². The Labute approximate surface area is 70.9 Å². The molecule has 0 amide bonds. The summed E-state index contributed by atoms with van der Waals surface area (Å²) in [5.41, 5.74) is 0. The third-order valence-corrected chi connectivity index (χ3v) is 3.79. The van der Waals surface area contributed by atoms with Crippen molar-refractivity contribution in [2.24, 2.45) is 0 Å². The van der Waals surface area contributed by atoms with Crippen molar-refractivity contribution >= 4 is 15.9 Å². The predicted octanol–water partition coefficient (Wildman–Crippen LogP) is 2.01. The van der Waals surface area contributed by atoms with E-state index in [1.54, 1.807) is 0 Å². The Kier molecular flexibility index (Phi) is 1.77. The van der Waals surface area contributed by atoms with Gasteiger partial charge in [0.05, 0.1) is 0 Å². The minimum atomic E-state index is 0.807. The van der Waals surface area contributed by atoms with Crippen molar-refractivity contribution in [1.82, 2.24) is 4.90 Å². The maximum absolute atomic E-state index is 3.71. The zero-order valence-corrected chi connectivity index (χ0v) is 7.97. The van der Waals surface area contributed by atoms with Crippen molar-refractivity contribution < 1.29 is 0 Å². The standard InChI is InChI=1S/C8H14BrN/c1-10-7-2-3-8(10)5-6(9)4-7/h6-8H,2-5H2,1H3/t6?,7-,8+. The van der Waals surface area contributed by atoms with Gasteiger partial charge in [-0.15, -0.1) is 0 Å². The van der Waals surface area contributed by atoms with Crippen LogP contribution in [0.1, 0.15) is 25.7 Å². The van der Waals surface area contributed by atoms with E-state index in [2.05, 4.69) is 27.9 Å². The lowest BCUT2D eigenvalue weighted by Crippen LogP contribution is -2.40. The largest absolute Gasteiger partial charge is 0.300 e. The summed E-state index contributed by atoms with van der Waals surface area (Å²) >= 11 is 3.71. The molecule has 2 saturated heterocycles. The molecule has 0 aromatic rings. The van der Waals surface area contributed by atoms with Gasteiger partial charge in [0.2, 0.25) is 0 Å². The van der Waals surface area contributed by atoms with Crippen LogP contribution in [0.4, 0.5) is 0 Å². The van der Waals surface area contributed by atoms with Crippen LogP contribution in [-0.2, 0) is 0 Å². The first-order chi connectivity index (χ1) is 4.77. The van der Waals surface area contributed by atoms with Crippen LogP contribution in [-0.4, -0.2) is 28.9 Å². The normalized spacial score (nSPS) is 48.0. The second-order valence-corrected chi connectivity index (χ2v) is 4.91. The van der Waals surface area contributed by atoms with E-state index in [9.17, 15) is 0 Å². The van der Waals surface area contributed by atoms with Gasteiger partial charge in [0.25, 0.3) is 0 Å². The number of fused-ring (bicyclic) bond motifs is 2. The molecule has 0 aromatic carbocycles. The van der Waals surface area contributed by atoms with Gasteiger partial charge in [-0.3, -0.25) is 0 Å². The van der Waals surface area contributed by atoms with Gasteiger partial charge in [-0.1, -0.05) is 15.9 Å². The van der Waals surface area contributed by atoms with Crippen LogP contribution in [0.3, 0.4) is 0 Å². The van der Waals surface area contributed by atoms with Gasteiger partial charge in [-0.25, -0.2) is 0 Å². The molecule has 3 atom stereocenters. The molecule has 2 heteroatoms. The zero-order chi connectivity index (χ0) is 7.14. The van der Waals surface area contributed by atoms with Crippen LogP contribution >= 0.6 is 15.9 Å². The smallest absolute Gasteiger partial charge is 0.0175 e. The van der Waals surface area contributed by atoms with E-state index in [-0.39, 0.29) is 0 Å². The van der Waals surface area contributed by atoms with Crippen molar-refractivity contribution in [2.45, 2.75) is 42.6 Å². The van der Waals surface area contributed by atoms with Crippen LogP contribution in [0.25, 0.3) is 0 Å². The highest BCUT2D eigenvalue weighted by atomic mass is 79.9. The van der Waals surface area contributed by atoms with Crippen molar-refractivity contribution in [3.63, 3.8) is 0 Å². The molecule has 2 fully saturated rings. The number of piperidine rings is 1. The van der Waals surface area contributed by atoms with Crippen LogP contribution in [0.2, 0.25) is 0 Å². The number of hydrogen-bond acceptors (Lipinski definition) is 1. The number of hydrogen-bond donors (Lipinski definition) is 0. The summed E-state index contributed by atoms with van der Waals surface area (Å²) in [5, 5.41) is 0. The molecule has 0 aliphatic carbocycles. The second-order valence-electron chi connectivity index (χ2n) is 3.62. The lowest BCUT2D eigenvalue weighted by molar-refractivity contribution is 0.184. The molecule has 2 aliphatic heterocycles. The highest BCUT2D eigenvalue weighted by Crippen LogP contribution is 2.36. The molecule has 0 N–H and O–H groups in total. The van der Waals surface area contributed by atoms with Crippen molar-refractivity contribution in [3.05, 3.63) is 0 Å². The topological polar surface area (TPSA) is 3.24 Å². The Morgan fingerprint density at radius 2 is 1.70 bits per heavy atom. The molecule has 1 unspecified atom stereocenters. The van der Waals surface area contributed by atoms with Gasteiger partial charge in [-0.05, 0) is 32.7 Å². The molecule has 0 aromatic heterocycles. The highest BCUT2D eigenvalue weighted by molar-refractivity contribution is 9.09. The quantitative estimate of drug-likeness (QED) is 0.545. The first kappa shape index (κ1) is 7.11. The summed E-state index contributed by atoms with van der Waals surface area (Å²) < 4.78 is 0. The summed E-state index contributed by atoms with van der Waals surface area (Å²) in [6, 6.07) is 1.78. The lowest BCUT2D eigenvalue weighted by Gasteiger charge is -2.33. The lowest BCUT2D eigenvalue weighted by atomic mass is 10.0. The minimum Gasteiger partial charge on any atom is -0.300 e. The minimum absolute atomic E-state index is 0.807. The Balaban J connectivity index is 2.09. The average molecular weight is 204 g/mol. The van der Waals surface area contributed by atoms with E-state index in [4.69, 9.17) is 0 Å². The van der Waals surface area contributed by atoms with E-state index < -0.39 is 0 Å². The molecular weight excluding hydrogens is 190 g/mol. The zero-order valence-electron chi connectivity index (χ0n) is 6.39. The number of halogens is 1. The maximum atomic E-state index is 3.71. The van der Waals surface area contributed by atoms with Gasteiger partial charge in [0.1, 0.15) is 0 Å². The molecule has 0 radical (unpaired) electrons. The molecule has 58 valence electrons. The fraction of sp³-hybridized carbons (Fsp3) is 1.00. The number of alkyl halides is 1. The molecule has 0 saturated carbocycles. The van der Waals surface area contributed by atoms with Gasteiger partial charge in [0, 0.05) is 16.9 Å². The molecule has 10 heavy (non-hydrogen) atoms. The van der Waals surface area contributed by atoms with E-state index in [0.717, 1.165) is 16.9 Å².